The highest BCUT2D eigenvalue weighted by molar-refractivity contribution is 5.88. The Labute approximate surface area is 109 Å². The summed E-state index contributed by atoms with van der Waals surface area (Å²) in [5.74, 6) is -0.0910. The zero-order valence-electron chi connectivity index (χ0n) is 11.8. The molecule has 0 heterocycles. The van der Waals surface area contributed by atoms with Gasteiger partial charge in [-0.2, -0.15) is 0 Å². The highest BCUT2D eigenvalue weighted by Crippen LogP contribution is 2.26. The zero-order chi connectivity index (χ0) is 13.9. The molecule has 0 bridgehead atoms. The lowest BCUT2D eigenvalue weighted by molar-refractivity contribution is 0.0696. The second-order valence-electron chi connectivity index (χ2n) is 5.90. The average molecular weight is 250 g/mol. The van der Waals surface area contributed by atoms with Gasteiger partial charge in [-0.1, -0.05) is 20.8 Å². The third-order valence-electron chi connectivity index (χ3n) is 2.81. The van der Waals surface area contributed by atoms with E-state index in [0.29, 0.717) is 12.2 Å². The molecule has 0 fully saturated rings. The number of ether oxygens (including phenoxy) is 1. The van der Waals surface area contributed by atoms with E-state index in [9.17, 15) is 4.79 Å². The van der Waals surface area contributed by atoms with Crippen LogP contribution in [0.4, 0.5) is 0 Å². The van der Waals surface area contributed by atoms with Crippen molar-refractivity contribution in [3.8, 4) is 5.75 Å². The predicted molar refractivity (Wildman–Crippen MR) is 72.4 cm³/mol. The number of aryl methyl sites for hydroxylation is 2. The molecular formula is C15H22O3. The molecule has 3 nitrogen and oxygen atoms in total. The van der Waals surface area contributed by atoms with E-state index in [1.54, 1.807) is 12.1 Å². The topological polar surface area (TPSA) is 46.5 Å². The van der Waals surface area contributed by atoms with E-state index in [1.165, 1.54) is 0 Å². The van der Waals surface area contributed by atoms with Gasteiger partial charge in [-0.05, 0) is 48.9 Å². The van der Waals surface area contributed by atoms with Crippen LogP contribution in [0, 0.1) is 19.3 Å². The van der Waals surface area contributed by atoms with E-state index < -0.39 is 5.97 Å². The minimum atomic E-state index is -0.901. The molecule has 1 aromatic carbocycles. The van der Waals surface area contributed by atoms with E-state index in [2.05, 4.69) is 20.8 Å². The molecule has 0 saturated carbocycles. The summed E-state index contributed by atoms with van der Waals surface area (Å²) < 4.78 is 5.79. The Kier molecular flexibility index (Phi) is 4.38. The molecule has 0 amide bonds. The lowest BCUT2D eigenvalue weighted by Gasteiger charge is -2.19. The van der Waals surface area contributed by atoms with Gasteiger partial charge in [0.15, 0.2) is 0 Å². The van der Waals surface area contributed by atoms with Crippen LogP contribution in [-0.4, -0.2) is 17.7 Å². The van der Waals surface area contributed by atoms with Gasteiger partial charge in [0.25, 0.3) is 0 Å². The molecule has 0 radical (unpaired) electrons. The van der Waals surface area contributed by atoms with Crippen molar-refractivity contribution >= 4 is 5.97 Å². The summed E-state index contributed by atoms with van der Waals surface area (Å²) in [5.41, 5.74) is 2.30. The summed E-state index contributed by atoms with van der Waals surface area (Å²) >= 11 is 0. The molecule has 0 spiro atoms. The summed E-state index contributed by atoms with van der Waals surface area (Å²) in [6.45, 7) is 10.9. The molecule has 0 aliphatic heterocycles. The highest BCUT2D eigenvalue weighted by atomic mass is 16.5. The first-order valence-electron chi connectivity index (χ1n) is 6.18. The maximum absolute atomic E-state index is 10.9. The fraction of sp³-hybridized carbons (Fsp3) is 0.533. The van der Waals surface area contributed by atoms with Crippen LogP contribution in [-0.2, 0) is 0 Å². The first-order valence-corrected chi connectivity index (χ1v) is 6.18. The molecule has 3 heteroatoms. The Bertz CT molecular complexity index is 419. The first-order chi connectivity index (χ1) is 8.20. The van der Waals surface area contributed by atoms with Crippen LogP contribution in [0.1, 0.15) is 48.7 Å². The smallest absolute Gasteiger partial charge is 0.335 e. The molecule has 1 aromatic rings. The van der Waals surface area contributed by atoms with Crippen LogP contribution in [0.3, 0.4) is 0 Å². The zero-order valence-corrected chi connectivity index (χ0v) is 11.8. The second kappa shape index (κ2) is 5.42. The van der Waals surface area contributed by atoms with Crippen molar-refractivity contribution in [2.75, 3.05) is 6.61 Å². The van der Waals surface area contributed by atoms with Crippen LogP contribution < -0.4 is 4.74 Å². The quantitative estimate of drug-likeness (QED) is 0.883. The molecule has 18 heavy (non-hydrogen) atoms. The van der Waals surface area contributed by atoms with Crippen molar-refractivity contribution in [3.63, 3.8) is 0 Å². The van der Waals surface area contributed by atoms with Gasteiger partial charge in [0.2, 0.25) is 0 Å². The largest absolute Gasteiger partial charge is 0.493 e. The number of hydrogen-bond donors (Lipinski definition) is 1. The van der Waals surface area contributed by atoms with Crippen molar-refractivity contribution in [1.29, 1.82) is 0 Å². The number of carbonyl (C=O) groups is 1. The van der Waals surface area contributed by atoms with Crippen molar-refractivity contribution < 1.29 is 14.6 Å². The Morgan fingerprint density at radius 3 is 2.11 bits per heavy atom. The van der Waals surface area contributed by atoms with Crippen LogP contribution in [0.25, 0.3) is 0 Å². The van der Waals surface area contributed by atoms with Gasteiger partial charge in [-0.15, -0.1) is 0 Å². The monoisotopic (exact) mass is 250 g/mol. The van der Waals surface area contributed by atoms with E-state index in [0.717, 1.165) is 23.3 Å². The van der Waals surface area contributed by atoms with Crippen molar-refractivity contribution in [2.45, 2.75) is 41.0 Å². The number of benzene rings is 1. The summed E-state index contributed by atoms with van der Waals surface area (Å²) in [7, 11) is 0. The molecule has 0 aliphatic carbocycles. The molecule has 1 rings (SSSR count). The first kappa shape index (κ1) is 14.6. The Morgan fingerprint density at radius 2 is 1.72 bits per heavy atom. The van der Waals surface area contributed by atoms with Crippen LogP contribution in [0.15, 0.2) is 12.1 Å². The minimum absolute atomic E-state index is 0.239. The van der Waals surface area contributed by atoms with Crippen LogP contribution >= 0.6 is 0 Å². The second-order valence-corrected chi connectivity index (χ2v) is 5.90. The van der Waals surface area contributed by atoms with Crippen molar-refractivity contribution in [1.82, 2.24) is 0 Å². The Balaban J connectivity index is 2.81. The molecule has 0 atom stereocenters. The highest BCUT2D eigenvalue weighted by Gasteiger charge is 2.13. The minimum Gasteiger partial charge on any atom is -0.493 e. The van der Waals surface area contributed by atoms with Crippen LogP contribution in [0.5, 0.6) is 5.75 Å². The third-order valence-corrected chi connectivity index (χ3v) is 2.81. The maximum Gasteiger partial charge on any atom is 0.335 e. The van der Waals surface area contributed by atoms with E-state index in [4.69, 9.17) is 9.84 Å². The molecule has 0 unspecified atom stereocenters. The van der Waals surface area contributed by atoms with Crippen LogP contribution in [0.2, 0.25) is 0 Å². The van der Waals surface area contributed by atoms with Gasteiger partial charge >= 0.3 is 5.97 Å². The van der Waals surface area contributed by atoms with Gasteiger partial charge in [-0.25, -0.2) is 4.79 Å². The standard InChI is InChI=1S/C15H22O3/c1-10-8-12(14(16)17)9-11(2)13(10)18-7-6-15(3,4)5/h8-9H,6-7H2,1-5H3,(H,16,17). The molecule has 100 valence electrons. The van der Waals surface area contributed by atoms with Crippen molar-refractivity contribution in [3.05, 3.63) is 28.8 Å². The van der Waals surface area contributed by atoms with Crippen molar-refractivity contribution in [2.24, 2.45) is 5.41 Å². The van der Waals surface area contributed by atoms with Gasteiger partial charge in [0.1, 0.15) is 5.75 Å². The Hall–Kier alpha value is -1.51. The fourth-order valence-corrected chi connectivity index (χ4v) is 1.76. The molecule has 0 saturated heterocycles. The van der Waals surface area contributed by atoms with Gasteiger partial charge < -0.3 is 9.84 Å². The van der Waals surface area contributed by atoms with E-state index in [-0.39, 0.29) is 5.41 Å². The average Bonchev–Trinajstić information content (AvgIpc) is 2.20. The van der Waals surface area contributed by atoms with Gasteiger partial charge in [0, 0.05) is 0 Å². The Morgan fingerprint density at radius 1 is 1.22 bits per heavy atom. The molecule has 0 aromatic heterocycles. The third kappa shape index (κ3) is 4.06. The number of aromatic carboxylic acids is 1. The molecular weight excluding hydrogens is 228 g/mol. The predicted octanol–water partition coefficient (Wildman–Crippen LogP) is 3.82. The summed E-state index contributed by atoms with van der Waals surface area (Å²) in [4.78, 5) is 10.9. The lowest BCUT2D eigenvalue weighted by Crippen LogP contribution is -2.12. The number of carboxylic acid groups (broad SMARTS) is 1. The number of hydrogen-bond acceptors (Lipinski definition) is 2. The molecule has 1 N–H and O–H groups in total. The SMILES string of the molecule is Cc1cc(C(=O)O)cc(C)c1OCCC(C)(C)C. The van der Waals surface area contributed by atoms with E-state index in [1.807, 2.05) is 13.8 Å². The van der Waals surface area contributed by atoms with Gasteiger partial charge in [0.05, 0.1) is 12.2 Å². The maximum atomic E-state index is 10.9. The van der Waals surface area contributed by atoms with Gasteiger partial charge in [-0.3, -0.25) is 0 Å². The summed E-state index contributed by atoms with van der Waals surface area (Å²) in [6.07, 6.45) is 0.965. The fourth-order valence-electron chi connectivity index (χ4n) is 1.76. The summed E-state index contributed by atoms with van der Waals surface area (Å²) in [5, 5.41) is 8.97. The number of carboxylic acids is 1. The number of rotatable bonds is 4. The molecule has 0 aliphatic rings. The summed E-state index contributed by atoms with van der Waals surface area (Å²) in [6, 6.07) is 3.31. The van der Waals surface area contributed by atoms with E-state index >= 15 is 0 Å². The lowest BCUT2D eigenvalue weighted by atomic mass is 9.93. The normalized spacial score (nSPS) is 11.4.